The molecule has 1 saturated carbocycles. The van der Waals surface area contributed by atoms with Crippen LogP contribution >= 0.6 is 12.4 Å². The molecule has 2 aliphatic rings. The molecule has 1 heterocycles. The predicted octanol–water partition coefficient (Wildman–Crippen LogP) is 2.43. The number of likely N-dealkylation sites (tertiary alicyclic amines) is 1. The molecule has 3 unspecified atom stereocenters. The van der Waals surface area contributed by atoms with Gasteiger partial charge in [-0.05, 0) is 31.1 Å². The Morgan fingerprint density at radius 2 is 2.00 bits per heavy atom. The number of rotatable bonds is 2. The monoisotopic (exact) mass is 274 g/mol. The normalized spacial score (nSPS) is 31.8. The van der Waals surface area contributed by atoms with E-state index in [2.05, 4.69) is 25.7 Å². The van der Waals surface area contributed by atoms with Gasteiger partial charge in [0.2, 0.25) is 5.91 Å². The molecule has 0 bridgehead atoms. The summed E-state index contributed by atoms with van der Waals surface area (Å²) in [7, 11) is 0. The van der Waals surface area contributed by atoms with Gasteiger partial charge >= 0.3 is 0 Å². The van der Waals surface area contributed by atoms with Gasteiger partial charge in [0.15, 0.2) is 0 Å². The molecular formula is C14H27ClN2O. The predicted molar refractivity (Wildman–Crippen MR) is 76.7 cm³/mol. The number of nitrogens with zero attached hydrogens (tertiary/aromatic N) is 1. The summed E-state index contributed by atoms with van der Waals surface area (Å²) in [6.07, 6.45) is 4.54. The highest BCUT2D eigenvalue weighted by Gasteiger charge is 2.42. The molecule has 0 aromatic rings. The molecule has 1 aliphatic heterocycles. The number of halogens is 1. The van der Waals surface area contributed by atoms with Crippen LogP contribution in [0.2, 0.25) is 0 Å². The number of hydrogen-bond donors (Lipinski definition) is 1. The molecule has 0 spiro atoms. The first-order valence-corrected chi connectivity index (χ1v) is 7.00. The van der Waals surface area contributed by atoms with Crippen LogP contribution in [-0.4, -0.2) is 29.9 Å². The summed E-state index contributed by atoms with van der Waals surface area (Å²) in [5.74, 6) is 1.54. The lowest BCUT2D eigenvalue weighted by Gasteiger charge is -2.29. The summed E-state index contributed by atoms with van der Waals surface area (Å²) in [6.45, 7) is 8.04. The first-order valence-electron chi connectivity index (χ1n) is 7.00. The van der Waals surface area contributed by atoms with E-state index in [0.29, 0.717) is 23.8 Å². The SMILES string of the molecule is CCC(C)(C)C(=O)N1CC2CCCC(N)C2C1.Cl. The quantitative estimate of drug-likeness (QED) is 0.841. The minimum atomic E-state index is -0.211. The third-order valence-corrected chi connectivity index (χ3v) is 4.90. The van der Waals surface area contributed by atoms with Crippen molar-refractivity contribution in [3.8, 4) is 0 Å². The molecule has 2 fully saturated rings. The van der Waals surface area contributed by atoms with Crippen molar-refractivity contribution in [1.29, 1.82) is 0 Å². The molecule has 106 valence electrons. The number of carbonyl (C=O) groups is 1. The Balaban J connectivity index is 0.00000162. The topological polar surface area (TPSA) is 46.3 Å². The smallest absolute Gasteiger partial charge is 0.228 e. The highest BCUT2D eigenvalue weighted by Crippen LogP contribution is 2.37. The molecule has 18 heavy (non-hydrogen) atoms. The minimum absolute atomic E-state index is 0. The lowest BCUT2D eigenvalue weighted by molar-refractivity contribution is -0.139. The molecular weight excluding hydrogens is 248 g/mol. The lowest BCUT2D eigenvalue weighted by atomic mass is 9.78. The van der Waals surface area contributed by atoms with Crippen LogP contribution in [0.4, 0.5) is 0 Å². The molecule has 1 aliphatic carbocycles. The molecule has 4 heteroatoms. The Morgan fingerprint density at radius 1 is 1.33 bits per heavy atom. The van der Waals surface area contributed by atoms with Crippen LogP contribution in [0, 0.1) is 17.3 Å². The van der Waals surface area contributed by atoms with Gasteiger partial charge in [-0.2, -0.15) is 0 Å². The Kier molecular flexibility index (Phi) is 5.07. The van der Waals surface area contributed by atoms with E-state index in [4.69, 9.17) is 5.73 Å². The van der Waals surface area contributed by atoms with Gasteiger partial charge in [-0.3, -0.25) is 4.79 Å². The van der Waals surface area contributed by atoms with Crippen LogP contribution in [0.1, 0.15) is 46.5 Å². The van der Waals surface area contributed by atoms with E-state index in [0.717, 1.165) is 25.9 Å². The van der Waals surface area contributed by atoms with Crippen molar-refractivity contribution in [3.63, 3.8) is 0 Å². The van der Waals surface area contributed by atoms with Gasteiger partial charge in [0.25, 0.3) is 0 Å². The maximum atomic E-state index is 12.4. The molecule has 1 amide bonds. The van der Waals surface area contributed by atoms with E-state index in [1.54, 1.807) is 0 Å². The van der Waals surface area contributed by atoms with Crippen LogP contribution in [0.5, 0.6) is 0 Å². The average molecular weight is 275 g/mol. The average Bonchev–Trinajstić information content (AvgIpc) is 2.73. The van der Waals surface area contributed by atoms with Crippen molar-refractivity contribution in [3.05, 3.63) is 0 Å². The molecule has 2 N–H and O–H groups in total. The van der Waals surface area contributed by atoms with Crippen molar-refractivity contribution in [2.24, 2.45) is 23.0 Å². The van der Waals surface area contributed by atoms with Crippen LogP contribution in [-0.2, 0) is 4.79 Å². The zero-order valence-corrected chi connectivity index (χ0v) is 12.6. The standard InChI is InChI=1S/C14H26N2O.ClH/c1-4-14(2,3)13(17)16-8-10-6-5-7-12(15)11(10)9-16;/h10-12H,4-9,15H2,1-3H3;1H. The number of carbonyl (C=O) groups excluding carboxylic acids is 1. The van der Waals surface area contributed by atoms with E-state index >= 15 is 0 Å². The van der Waals surface area contributed by atoms with Crippen molar-refractivity contribution >= 4 is 18.3 Å². The number of fused-ring (bicyclic) bond motifs is 1. The Bertz CT molecular complexity index is 306. The lowest BCUT2D eigenvalue weighted by Crippen LogP contribution is -2.41. The second-order valence-electron chi connectivity index (χ2n) is 6.47. The van der Waals surface area contributed by atoms with Crippen LogP contribution in [0.25, 0.3) is 0 Å². The van der Waals surface area contributed by atoms with E-state index < -0.39 is 0 Å². The van der Waals surface area contributed by atoms with Crippen molar-refractivity contribution in [2.75, 3.05) is 13.1 Å². The highest BCUT2D eigenvalue weighted by atomic mass is 35.5. The van der Waals surface area contributed by atoms with Crippen LogP contribution in [0.15, 0.2) is 0 Å². The third kappa shape index (κ3) is 2.83. The molecule has 3 nitrogen and oxygen atoms in total. The molecule has 0 radical (unpaired) electrons. The molecule has 0 aromatic heterocycles. The van der Waals surface area contributed by atoms with Crippen molar-refractivity contribution in [1.82, 2.24) is 4.90 Å². The highest BCUT2D eigenvalue weighted by molar-refractivity contribution is 5.85. The third-order valence-electron chi connectivity index (χ3n) is 4.90. The van der Waals surface area contributed by atoms with Crippen LogP contribution < -0.4 is 5.73 Å². The second-order valence-corrected chi connectivity index (χ2v) is 6.47. The molecule has 2 rings (SSSR count). The van der Waals surface area contributed by atoms with Gasteiger partial charge in [-0.15, -0.1) is 12.4 Å². The van der Waals surface area contributed by atoms with E-state index in [9.17, 15) is 4.79 Å². The number of hydrogen-bond acceptors (Lipinski definition) is 2. The van der Waals surface area contributed by atoms with E-state index in [1.807, 2.05) is 0 Å². The van der Waals surface area contributed by atoms with Gasteiger partial charge < -0.3 is 10.6 Å². The fourth-order valence-corrected chi connectivity index (χ4v) is 3.26. The maximum Gasteiger partial charge on any atom is 0.228 e. The first kappa shape index (κ1) is 15.8. The second kappa shape index (κ2) is 5.79. The molecule has 1 saturated heterocycles. The van der Waals surface area contributed by atoms with Crippen LogP contribution in [0.3, 0.4) is 0 Å². The van der Waals surface area contributed by atoms with Gasteiger partial charge in [-0.1, -0.05) is 27.2 Å². The van der Waals surface area contributed by atoms with Gasteiger partial charge in [0.05, 0.1) is 0 Å². The molecule has 3 atom stereocenters. The van der Waals surface area contributed by atoms with Gasteiger partial charge in [-0.25, -0.2) is 0 Å². The fraction of sp³-hybridized carbons (Fsp3) is 0.929. The first-order chi connectivity index (χ1) is 7.95. The maximum absolute atomic E-state index is 12.4. The largest absolute Gasteiger partial charge is 0.342 e. The summed E-state index contributed by atoms with van der Waals surface area (Å²) >= 11 is 0. The van der Waals surface area contributed by atoms with Crippen molar-refractivity contribution in [2.45, 2.75) is 52.5 Å². The molecule has 0 aromatic carbocycles. The van der Waals surface area contributed by atoms with Gasteiger partial charge in [0, 0.05) is 24.5 Å². The zero-order chi connectivity index (χ0) is 12.6. The van der Waals surface area contributed by atoms with Crippen molar-refractivity contribution < 1.29 is 4.79 Å². The Hall–Kier alpha value is -0.280. The number of nitrogens with two attached hydrogens (primary N) is 1. The van der Waals surface area contributed by atoms with Gasteiger partial charge in [0.1, 0.15) is 0 Å². The van der Waals surface area contributed by atoms with E-state index in [-0.39, 0.29) is 17.8 Å². The summed E-state index contributed by atoms with van der Waals surface area (Å²) in [5.41, 5.74) is 5.98. The fourth-order valence-electron chi connectivity index (χ4n) is 3.26. The summed E-state index contributed by atoms with van der Waals surface area (Å²) in [6, 6.07) is 0.316. The summed E-state index contributed by atoms with van der Waals surface area (Å²) in [4.78, 5) is 14.5. The number of amides is 1. The van der Waals surface area contributed by atoms with E-state index in [1.165, 1.54) is 12.8 Å². The zero-order valence-electron chi connectivity index (χ0n) is 11.8. The summed E-state index contributed by atoms with van der Waals surface area (Å²) < 4.78 is 0. The summed E-state index contributed by atoms with van der Waals surface area (Å²) in [5, 5.41) is 0. The Morgan fingerprint density at radius 3 is 2.56 bits per heavy atom. The Labute approximate surface area is 117 Å². The minimum Gasteiger partial charge on any atom is -0.342 e.